The second-order valence-corrected chi connectivity index (χ2v) is 5.75. The van der Waals surface area contributed by atoms with Crippen LogP contribution < -0.4 is 14.8 Å². The maximum absolute atomic E-state index is 13.2. The first-order valence-corrected chi connectivity index (χ1v) is 7.96. The Balaban J connectivity index is 1.71. The Bertz CT molecular complexity index is 959. The highest BCUT2D eigenvalue weighted by atomic mass is 19.2. The van der Waals surface area contributed by atoms with E-state index in [0.717, 1.165) is 28.7 Å². The van der Waals surface area contributed by atoms with Gasteiger partial charge in [-0.1, -0.05) is 12.1 Å². The summed E-state index contributed by atoms with van der Waals surface area (Å²) in [4.78, 5) is 12.2. The van der Waals surface area contributed by atoms with Crippen LogP contribution in [0.5, 0.6) is 11.5 Å². The minimum Gasteiger partial charge on any atom is -0.497 e. The summed E-state index contributed by atoms with van der Waals surface area (Å²) in [6.45, 7) is 1.57. The number of fused-ring (bicyclic) bond motifs is 1. The number of anilines is 1. The maximum Gasteiger partial charge on any atom is 0.265 e. The lowest BCUT2D eigenvalue weighted by molar-refractivity contribution is -0.122. The number of hydrogen-bond acceptors (Lipinski definition) is 3. The third-order valence-corrected chi connectivity index (χ3v) is 3.89. The zero-order valence-electron chi connectivity index (χ0n) is 14.3. The molecule has 0 saturated heterocycles. The molecule has 1 atom stereocenters. The fraction of sp³-hybridized carbons (Fsp3) is 0.150. The van der Waals surface area contributed by atoms with Gasteiger partial charge >= 0.3 is 0 Å². The van der Waals surface area contributed by atoms with Crippen LogP contribution in [0.1, 0.15) is 6.92 Å². The molecule has 1 amide bonds. The first-order valence-electron chi connectivity index (χ1n) is 7.96. The number of amides is 1. The lowest BCUT2D eigenvalue weighted by Crippen LogP contribution is -2.30. The van der Waals surface area contributed by atoms with Crippen molar-refractivity contribution in [2.75, 3.05) is 12.4 Å². The number of benzene rings is 3. The van der Waals surface area contributed by atoms with E-state index in [0.29, 0.717) is 5.75 Å². The molecule has 0 saturated carbocycles. The van der Waals surface area contributed by atoms with Crippen LogP contribution in [-0.4, -0.2) is 19.1 Å². The molecule has 4 nitrogen and oxygen atoms in total. The van der Waals surface area contributed by atoms with E-state index in [1.807, 2.05) is 24.3 Å². The molecule has 6 heteroatoms. The summed E-state index contributed by atoms with van der Waals surface area (Å²) in [5.41, 5.74) is 0.160. The molecule has 0 aliphatic heterocycles. The van der Waals surface area contributed by atoms with Crippen LogP contribution in [0.2, 0.25) is 0 Å². The molecule has 0 aliphatic rings. The second kappa shape index (κ2) is 7.39. The van der Waals surface area contributed by atoms with Gasteiger partial charge in [-0.3, -0.25) is 4.79 Å². The third kappa shape index (κ3) is 3.91. The molecular formula is C20H17F2NO3. The number of hydrogen-bond donors (Lipinski definition) is 1. The number of rotatable bonds is 5. The molecule has 134 valence electrons. The first kappa shape index (κ1) is 17.7. The van der Waals surface area contributed by atoms with Crippen molar-refractivity contribution in [3.05, 3.63) is 66.2 Å². The van der Waals surface area contributed by atoms with Gasteiger partial charge in [0.25, 0.3) is 5.91 Å². The predicted octanol–water partition coefficient (Wildman–Crippen LogP) is 4.53. The van der Waals surface area contributed by atoms with Crippen LogP contribution in [-0.2, 0) is 4.79 Å². The molecule has 1 N–H and O–H groups in total. The molecule has 0 heterocycles. The summed E-state index contributed by atoms with van der Waals surface area (Å²) in [6, 6.07) is 14.3. The minimum atomic E-state index is -1.03. The molecule has 0 spiro atoms. The van der Waals surface area contributed by atoms with Crippen molar-refractivity contribution in [3.8, 4) is 11.5 Å². The first-order chi connectivity index (χ1) is 12.5. The van der Waals surface area contributed by atoms with Gasteiger partial charge in [0.1, 0.15) is 11.5 Å². The van der Waals surface area contributed by atoms with Crippen molar-refractivity contribution in [1.29, 1.82) is 0 Å². The van der Waals surface area contributed by atoms with Gasteiger partial charge in [-0.25, -0.2) is 8.78 Å². The molecule has 0 aromatic heterocycles. The van der Waals surface area contributed by atoms with Crippen molar-refractivity contribution in [3.63, 3.8) is 0 Å². The topological polar surface area (TPSA) is 47.6 Å². The fourth-order valence-corrected chi connectivity index (χ4v) is 2.48. The number of nitrogens with one attached hydrogen (secondary N) is 1. The summed E-state index contributed by atoms with van der Waals surface area (Å²) in [7, 11) is 1.59. The second-order valence-electron chi connectivity index (χ2n) is 5.75. The van der Waals surface area contributed by atoms with Crippen molar-refractivity contribution in [2.24, 2.45) is 0 Å². The van der Waals surface area contributed by atoms with Crippen LogP contribution in [0, 0.1) is 11.6 Å². The molecule has 0 fully saturated rings. The van der Waals surface area contributed by atoms with E-state index in [2.05, 4.69) is 5.32 Å². The summed E-state index contributed by atoms with van der Waals surface area (Å²) in [5.74, 6) is -1.24. The Labute approximate surface area is 149 Å². The monoisotopic (exact) mass is 357 g/mol. The zero-order chi connectivity index (χ0) is 18.7. The van der Waals surface area contributed by atoms with E-state index in [4.69, 9.17) is 9.47 Å². The minimum absolute atomic E-state index is 0.160. The van der Waals surface area contributed by atoms with E-state index in [1.54, 1.807) is 26.2 Å². The standard InChI is InChI=1S/C20H17F2NO3/c1-12(20(24)23-15-5-8-18(21)19(22)11-15)26-17-7-4-13-3-6-16(25-2)9-14(13)10-17/h3-12H,1-2H3,(H,23,24). The number of ether oxygens (including phenoxy) is 2. The lowest BCUT2D eigenvalue weighted by Gasteiger charge is -2.15. The molecule has 3 rings (SSSR count). The molecule has 0 aliphatic carbocycles. The predicted molar refractivity (Wildman–Crippen MR) is 95.6 cm³/mol. The van der Waals surface area contributed by atoms with Crippen LogP contribution in [0.3, 0.4) is 0 Å². The van der Waals surface area contributed by atoms with Crippen LogP contribution >= 0.6 is 0 Å². The number of carbonyl (C=O) groups excluding carboxylic acids is 1. The van der Waals surface area contributed by atoms with E-state index >= 15 is 0 Å². The van der Waals surface area contributed by atoms with Crippen LogP contribution in [0.4, 0.5) is 14.5 Å². The zero-order valence-corrected chi connectivity index (χ0v) is 14.3. The average Bonchev–Trinajstić information content (AvgIpc) is 2.64. The van der Waals surface area contributed by atoms with Gasteiger partial charge in [-0.2, -0.15) is 0 Å². The van der Waals surface area contributed by atoms with Crippen molar-refractivity contribution in [2.45, 2.75) is 13.0 Å². The Hall–Kier alpha value is -3.15. The molecule has 26 heavy (non-hydrogen) atoms. The summed E-state index contributed by atoms with van der Waals surface area (Å²) < 4.78 is 37.0. The summed E-state index contributed by atoms with van der Waals surface area (Å²) >= 11 is 0. The van der Waals surface area contributed by atoms with E-state index in [1.165, 1.54) is 6.07 Å². The van der Waals surface area contributed by atoms with Gasteiger partial charge in [-0.15, -0.1) is 0 Å². The number of methoxy groups -OCH3 is 1. The molecule has 0 bridgehead atoms. The molecule has 0 radical (unpaired) electrons. The molecular weight excluding hydrogens is 340 g/mol. The summed E-state index contributed by atoms with van der Waals surface area (Å²) in [5, 5.41) is 4.42. The van der Waals surface area contributed by atoms with Gasteiger partial charge in [0.2, 0.25) is 0 Å². The Morgan fingerprint density at radius 2 is 1.62 bits per heavy atom. The highest BCUT2D eigenvalue weighted by molar-refractivity contribution is 5.94. The molecule has 3 aromatic rings. The lowest BCUT2D eigenvalue weighted by atomic mass is 10.1. The van der Waals surface area contributed by atoms with Crippen molar-refractivity contribution >= 4 is 22.4 Å². The van der Waals surface area contributed by atoms with Gasteiger partial charge < -0.3 is 14.8 Å². The highest BCUT2D eigenvalue weighted by Gasteiger charge is 2.16. The normalized spacial score (nSPS) is 11.8. The fourth-order valence-electron chi connectivity index (χ4n) is 2.48. The maximum atomic E-state index is 13.2. The van der Waals surface area contributed by atoms with E-state index in [-0.39, 0.29) is 5.69 Å². The van der Waals surface area contributed by atoms with Gasteiger partial charge in [0.15, 0.2) is 17.7 Å². The molecule has 3 aromatic carbocycles. The smallest absolute Gasteiger partial charge is 0.265 e. The van der Waals surface area contributed by atoms with E-state index < -0.39 is 23.6 Å². The van der Waals surface area contributed by atoms with Gasteiger partial charge in [0, 0.05) is 11.8 Å². The Kier molecular flexibility index (Phi) is 5.02. The number of halogens is 2. The van der Waals surface area contributed by atoms with Gasteiger partial charge in [0.05, 0.1) is 7.11 Å². The molecule has 1 unspecified atom stereocenters. The van der Waals surface area contributed by atoms with Crippen LogP contribution in [0.15, 0.2) is 54.6 Å². The largest absolute Gasteiger partial charge is 0.497 e. The van der Waals surface area contributed by atoms with Crippen LogP contribution in [0.25, 0.3) is 10.8 Å². The summed E-state index contributed by atoms with van der Waals surface area (Å²) in [6.07, 6.45) is -0.828. The van der Waals surface area contributed by atoms with E-state index in [9.17, 15) is 13.6 Å². The average molecular weight is 357 g/mol. The van der Waals surface area contributed by atoms with Crippen molar-refractivity contribution < 1.29 is 23.0 Å². The van der Waals surface area contributed by atoms with Gasteiger partial charge in [-0.05, 0) is 54.1 Å². The third-order valence-electron chi connectivity index (χ3n) is 3.89. The Morgan fingerprint density at radius 3 is 2.31 bits per heavy atom. The quantitative estimate of drug-likeness (QED) is 0.730. The number of carbonyl (C=O) groups is 1. The Morgan fingerprint density at radius 1 is 0.923 bits per heavy atom. The van der Waals surface area contributed by atoms with Crippen molar-refractivity contribution in [1.82, 2.24) is 0 Å². The SMILES string of the molecule is COc1ccc2ccc(OC(C)C(=O)Nc3ccc(F)c(F)c3)cc2c1. The highest BCUT2D eigenvalue weighted by Crippen LogP contribution is 2.25.